The maximum absolute atomic E-state index is 13.6. The third-order valence-electron chi connectivity index (χ3n) is 6.26. The molecule has 0 bridgehead atoms. The molecule has 29 heavy (non-hydrogen) atoms. The first-order valence-electron chi connectivity index (χ1n) is 9.64. The van der Waals surface area contributed by atoms with E-state index < -0.39 is 17.2 Å². The second-order valence-electron chi connectivity index (χ2n) is 8.12. The molecule has 1 aliphatic heterocycles. The monoisotopic (exact) mass is 402 g/mol. The summed E-state index contributed by atoms with van der Waals surface area (Å²) in [4.78, 5) is 34.8. The number of anilines is 1. The molecule has 0 amide bonds. The van der Waals surface area contributed by atoms with Crippen molar-refractivity contribution in [2.24, 2.45) is 5.41 Å². The number of nitrogens with one attached hydrogen (secondary N) is 2. The standard InChI is InChI=1S/C19H20F2N6O2/c20-19(21)3-1-18(2-4-19)5-7-26(11-18)14-9-13(25-27-8-6-22-15(14)27)12-10-23-17(29)24-16(12)28/h6,8-10H,1-5,7,11H2,(H2,23,24,28,29). The topological polar surface area (TPSA) is 99.2 Å². The minimum atomic E-state index is -2.55. The molecule has 0 aromatic carbocycles. The summed E-state index contributed by atoms with van der Waals surface area (Å²) < 4.78 is 28.9. The van der Waals surface area contributed by atoms with Gasteiger partial charge in [-0.3, -0.25) is 9.78 Å². The Morgan fingerprint density at radius 2 is 1.90 bits per heavy atom. The number of aromatic nitrogens is 5. The number of hydrogen-bond acceptors (Lipinski definition) is 5. The number of halogens is 2. The van der Waals surface area contributed by atoms with Gasteiger partial charge in [-0.05, 0) is 30.7 Å². The summed E-state index contributed by atoms with van der Waals surface area (Å²) >= 11 is 0. The number of imidazole rings is 1. The minimum absolute atomic E-state index is 0.0615. The van der Waals surface area contributed by atoms with Gasteiger partial charge in [0.1, 0.15) is 5.69 Å². The largest absolute Gasteiger partial charge is 0.368 e. The van der Waals surface area contributed by atoms with Crippen molar-refractivity contribution in [1.82, 2.24) is 24.6 Å². The van der Waals surface area contributed by atoms with E-state index in [1.54, 1.807) is 23.0 Å². The maximum Gasteiger partial charge on any atom is 0.325 e. The third kappa shape index (κ3) is 3.12. The van der Waals surface area contributed by atoms with Crippen LogP contribution in [0.1, 0.15) is 32.1 Å². The molecule has 8 nitrogen and oxygen atoms in total. The summed E-state index contributed by atoms with van der Waals surface area (Å²) in [5.41, 5.74) is 0.876. The number of alkyl halides is 2. The Bertz CT molecular complexity index is 1190. The van der Waals surface area contributed by atoms with Crippen molar-refractivity contribution < 1.29 is 8.78 Å². The Labute approximate surface area is 163 Å². The van der Waals surface area contributed by atoms with Gasteiger partial charge in [0.15, 0.2) is 5.65 Å². The van der Waals surface area contributed by atoms with Crippen LogP contribution in [0.15, 0.2) is 34.2 Å². The maximum atomic E-state index is 13.6. The molecule has 10 heteroatoms. The molecule has 3 aromatic rings. The van der Waals surface area contributed by atoms with Crippen LogP contribution in [0.25, 0.3) is 16.9 Å². The second-order valence-corrected chi connectivity index (χ2v) is 8.12. The van der Waals surface area contributed by atoms with E-state index in [1.807, 2.05) is 0 Å². The molecule has 5 rings (SSSR count). The van der Waals surface area contributed by atoms with E-state index in [-0.39, 0.29) is 23.8 Å². The Kier molecular flexibility index (Phi) is 3.87. The summed E-state index contributed by atoms with van der Waals surface area (Å²) in [6.45, 7) is 1.41. The highest BCUT2D eigenvalue weighted by molar-refractivity contribution is 5.74. The van der Waals surface area contributed by atoms with Crippen molar-refractivity contribution in [3.05, 3.63) is 45.5 Å². The number of nitrogens with zero attached hydrogens (tertiary/aromatic N) is 4. The lowest BCUT2D eigenvalue weighted by Gasteiger charge is -2.37. The normalized spacial score (nSPS) is 20.6. The van der Waals surface area contributed by atoms with Crippen LogP contribution in [-0.2, 0) is 0 Å². The molecule has 1 aliphatic carbocycles. The van der Waals surface area contributed by atoms with E-state index in [2.05, 4.69) is 25.0 Å². The molecule has 0 atom stereocenters. The predicted molar refractivity (Wildman–Crippen MR) is 102 cm³/mol. The van der Waals surface area contributed by atoms with Gasteiger partial charge >= 0.3 is 5.69 Å². The molecule has 0 radical (unpaired) electrons. The van der Waals surface area contributed by atoms with Crippen LogP contribution in [0.4, 0.5) is 14.5 Å². The molecule has 2 N–H and O–H groups in total. The SMILES string of the molecule is O=c1[nH]cc(-c2cc(N3CCC4(CCC(F)(F)CC4)C3)c3nccn3n2)c(=O)[nH]1. The van der Waals surface area contributed by atoms with Gasteiger partial charge in [0.2, 0.25) is 5.92 Å². The van der Waals surface area contributed by atoms with Gasteiger partial charge < -0.3 is 9.88 Å². The molecular formula is C19H20F2N6O2. The summed E-state index contributed by atoms with van der Waals surface area (Å²) in [6, 6.07) is 1.78. The Balaban J connectivity index is 1.53. The Morgan fingerprint density at radius 3 is 2.66 bits per heavy atom. The fourth-order valence-corrected chi connectivity index (χ4v) is 4.56. The van der Waals surface area contributed by atoms with Gasteiger partial charge in [-0.1, -0.05) is 0 Å². The average molecular weight is 402 g/mol. The van der Waals surface area contributed by atoms with E-state index in [1.165, 1.54) is 6.20 Å². The quantitative estimate of drug-likeness (QED) is 0.685. The van der Waals surface area contributed by atoms with Crippen molar-refractivity contribution in [3.63, 3.8) is 0 Å². The van der Waals surface area contributed by atoms with Crippen molar-refractivity contribution in [3.8, 4) is 11.3 Å². The van der Waals surface area contributed by atoms with Gasteiger partial charge in [0.05, 0.1) is 11.3 Å². The third-order valence-corrected chi connectivity index (χ3v) is 6.26. The molecule has 2 aliphatic rings. The minimum Gasteiger partial charge on any atom is -0.368 e. The fourth-order valence-electron chi connectivity index (χ4n) is 4.56. The highest BCUT2D eigenvalue weighted by atomic mass is 19.3. The summed E-state index contributed by atoms with van der Waals surface area (Å²) in [5, 5.41) is 4.44. The van der Waals surface area contributed by atoms with Gasteiger partial charge in [-0.15, -0.1) is 0 Å². The van der Waals surface area contributed by atoms with Crippen LogP contribution in [0.5, 0.6) is 0 Å². The highest BCUT2D eigenvalue weighted by Crippen LogP contribution is 2.49. The first-order valence-corrected chi connectivity index (χ1v) is 9.64. The lowest BCUT2D eigenvalue weighted by Crippen LogP contribution is -2.35. The van der Waals surface area contributed by atoms with E-state index in [4.69, 9.17) is 0 Å². The predicted octanol–water partition coefficient (Wildman–Crippen LogP) is 2.18. The Hall–Kier alpha value is -3.04. The first kappa shape index (κ1) is 18.0. The molecule has 1 spiro atoms. The van der Waals surface area contributed by atoms with Crippen molar-refractivity contribution in [2.45, 2.75) is 38.0 Å². The smallest absolute Gasteiger partial charge is 0.325 e. The van der Waals surface area contributed by atoms with Crippen LogP contribution in [0.3, 0.4) is 0 Å². The number of H-pyrrole nitrogens is 2. The fraction of sp³-hybridized carbons (Fsp3) is 0.474. The zero-order valence-electron chi connectivity index (χ0n) is 15.6. The number of fused-ring (bicyclic) bond motifs is 1. The highest BCUT2D eigenvalue weighted by Gasteiger charge is 2.46. The second kappa shape index (κ2) is 6.23. The van der Waals surface area contributed by atoms with E-state index in [0.717, 1.165) is 18.7 Å². The van der Waals surface area contributed by atoms with Crippen molar-refractivity contribution >= 4 is 11.3 Å². The summed E-state index contributed by atoms with van der Waals surface area (Å²) in [7, 11) is 0. The lowest BCUT2D eigenvalue weighted by molar-refractivity contribution is -0.0627. The van der Waals surface area contributed by atoms with Gasteiger partial charge in [0, 0.05) is 44.5 Å². The van der Waals surface area contributed by atoms with E-state index in [0.29, 0.717) is 30.7 Å². The zero-order valence-corrected chi connectivity index (χ0v) is 15.6. The molecule has 4 heterocycles. The van der Waals surface area contributed by atoms with Gasteiger partial charge in [-0.25, -0.2) is 23.1 Å². The molecule has 1 saturated carbocycles. The lowest BCUT2D eigenvalue weighted by atomic mass is 9.72. The van der Waals surface area contributed by atoms with Crippen LogP contribution < -0.4 is 16.1 Å². The van der Waals surface area contributed by atoms with E-state index in [9.17, 15) is 18.4 Å². The number of rotatable bonds is 2. The van der Waals surface area contributed by atoms with Crippen LogP contribution >= 0.6 is 0 Å². The van der Waals surface area contributed by atoms with Gasteiger partial charge in [-0.2, -0.15) is 5.10 Å². The molecule has 1 saturated heterocycles. The van der Waals surface area contributed by atoms with E-state index >= 15 is 0 Å². The van der Waals surface area contributed by atoms with Gasteiger partial charge in [0.25, 0.3) is 5.56 Å². The molecule has 2 fully saturated rings. The molecule has 3 aromatic heterocycles. The zero-order chi connectivity index (χ0) is 20.2. The first-order chi connectivity index (χ1) is 13.8. The number of aromatic amines is 2. The Morgan fingerprint density at radius 1 is 1.10 bits per heavy atom. The molecule has 0 unspecified atom stereocenters. The summed E-state index contributed by atoms with van der Waals surface area (Å²) in [6.07, 6.45) is 6.41. The van der Waals surface area contributed by atoms with Crippen LogP contribution in [0, 0.1) is 5.41 Å². The van der Waals surface area contributed by atoms with Crippen molar-refractivity contribution in [1.29, 1.82) is 0 Å². The molecule has 152 valence electrons. The van der Waals surface area contributed by atoms with Crippen LogP contribution in [0.2, 0.25) is 0 Å². The average Bonchev–Trinajstić information content (AvgIpc) is 3.31. The van der Waals surface area contributed by atoms with Crippen molar-refractivity contribution in [2.75, 3.05) is 18.0 Å². The molecular weight excluding hydrogens is 382 g/mol. The van der Waals surface area contributed by atoms with Crippen LogP contribution in [-0.4, -0.2) is 43.6 Å². The number of hydrogen-bond donors (Lipinski definition) is 2. The summed E-state index contributed by atoms with van der Waals surface area (Å²) in [5.74, 6) is -2.55.